The van der Waals surface area contributed by atoms with Gasteiger partial charge in [-0.1, -0.05) is 23.7 Å². The van der Waals surface area contributed by atoms with Crippen LogP contribution in [0.3, 0.4) is 0 Å². The summed E-state index contributed by atoms with van der Waals surface area (Å²) in [5.74, 6) is -0.0382. The van der Waals surface area contributed by atoms with Gasteiger partial charge in [-0.05, 0) is 42.0 Å². The summed E-state index contributed by atoms with van der Waals surface area (Å²) in [5, 5.41) is 9.80. The Labute approximate surface area is 158 Å². The number of benzene rings is 2. The molecule has 1 heterocycles. The van der Waals surface area contributed by atoms with E-state index in [1.165, 1.54) is 0 Å². The lowest BCUT2D eigenvalue weighted by Gasteiger charge is -2.34. The zero-order valence-corrected chi connectivity index (χ0v) is 15.4. The number of ether oxygens (including phenoxy) is 1. The van der Waals surface area contributed by atoms with Gasteiger partial charge >= 0.3 is 5.97 Å². The second-order valence-corrected chi connectivity index (χ2v) is 6.86. The molecule has 0 saturated carbocycles. The molecule has 6 heteroatoms. The molecule has 0 spiro atoms. The van der Waals surface area contributed by atoms with Crippen molar-refractivity contribution in [3.8, 4) is 5.75 Å². The minimum absolute atomic E-state index is 0.348. The van der Waals surface area contributed by atoms with Crippen LogP contribution >= 0.6 is 11.6 Å². The molecule has 0 atom stereocenters. The molecule has 2 aromatic carbocycles. The summed E-state index contributed by atoms with van der Waals surface area (Å²) in [5.41, 5.74) is 1.39. The van der Waals surface area contributed by atoms with Crippen LogP contribution < -0.4 is 4.74 Å². The Hall–Kier alpha value is -2.08. The van der Waals surface area contributed by atoms with Crippen molar-refractivity contribution in [1.82, 2.24) is 9.80 Å². The normalized spacial score (nSPS) is 15.7. The molecule has 26 heavy (non-hydrogen) atoms. The molecule has 0 unspecified atom stereocenters. The van der Waals surface area contributed by atoms with Gasteiger partial charge in [0.1, 0.15) is 12.4 Å². The molecule has 2 aromatic rings. The molecule has 0 aromatic heterocycles. The van der Waals surface area contributed by atoms with Crippen LogP contribution in [0.1, 0.15) is 15.9 Å². The number of nitrogens with zero attached hydrogens (tertiary/aromatic N) is 2. The largest absolute Gasteiger partial charge is 0.492 e. The van der Waals surface area contributed by atoms with Gasteiger partial charge in [-0.25, -0.2) is 4.79 Å². The van der Waals surface area contributed by atoms with Crippen LogP contribution in [-0.2, 0) is 6.54 Å². The van der Waals surface area contributed by atoms with E-state index in [4.69, 9.17) is 21.4 Å². The van der Waals surface area contributed by atoms with Crippen LogP contribution in [0.4, 0.5) is 0 Å². The molecule has 0 radical (unpaired) electrons. The van der Waals surface area contributed by atoms with Gasteiger partial charge < -0.3 is 9.84 Å². The Morgan fingerprint density at radius 2 is 1.73 bits per heavy atom. The van der Waals surface area contributed by atoms with Crippen molar-refractivity contribution in [3.05, 3.63) is 64.7 Å². The van der Waals surface area contributed by atoms with E-state index in [2.05, 4.69) is 9.80 Å². The zero-order chi connectivity index (χ0) is 18.4. The van der Waals surface area contributed by atoms with Crippen LogP contribution in [0.2, 0.25) is 5.02 Å². The molecule has 1 fully saturated rings. The average molecular weight is 375 g/mol. The second-order valence-electron chi connectivity index (χ2n) is 6.43. The van der Waals surface area contributed by atoms with Gasteiger partial charge in [0.25, 0.3) is 0 Å². The average Bonchev–Trinajstić information content (AvgIpc) is 2.65. The number of piperazine rings is 1. The Morgan fingerprint density at radius 3 is 2.42 bits per heavy atom. The molecule has 0 amide bonds. The first-order valence-corrected chi connectivity index (χ1v) is 9.13. The van der Waals surface area contributed by atoms with Gasteiger partial charge in [-0.3, -0.25) is 9.80 Å². The molecule has 1 aliphatic heterocycles. The topological polar surface area (TPSA) is 53.0 Å². The minimum Gasteiger partial charge on any atom is -0.492 e. The van der Waals surface area contributed by atoms with Crippen molar-refractivity contribution in [3.63, 3.8) is 0 Å². The lowest BCUT2D eigenvalue weighted by Crippen LogP contribution is -2.47. The third kappa shape index (κ3) is 5.46. The van der Waals surface area contributed by atoms with E-state index in [-0.39, 0.29) is 0 Å². The lowest BCUT2D eigenvalue weighted by molar-refractivity contribution is 0.0696. The third-order valence-corrected chi connectivity index (χ3v) is 4.79. The van der Waals surface area contributed by atoms with E-state index in [9.17, 15) is 4.79 Å². The molecule has 1 saturated heterocycles. The molecule has 1 aliphatic rings. The van der Waals surface area contributed by atoms with Crippen molar-refractivity contribution < 1.29 is 14.6 Å². The predicted octanol–water partition coefficient (Wildman–Crippen LogP) is 3.23. The number of carboxylic acids is 1. The fraction of sp³-hybridized carbons (Fsp3) is 0.350. The quantitative estimate of drug-likeness (QED) is 0.806. The van der Waals surface area contributed by atoms with Gasteiger partial charge in [0.15, 0.2) is 0 Å². The Bertz CT molecular complexity index is 728. The van der Waals surface area contributed by atoms with Crippen LogP contribution in [0.15, 0.2) is 48.5 Å². The summed E-state index contributed by atoms with van der Waals surface area (Å²) < 4.78 is 5.75. The fourth-order valence-corrected chi connectivity index (χ4v) is 3.18. The number of hydrogen-bond acceptors (Lipinski definition) is 4. The van der Waals surface area contributed by atoms with E-state index >= 15 is 0 Å². The number of hydrogen-bond donors (Lipinski definition) is 1. The van der Waals surface area contributed by atoms with Gasteiger partial charge in [0.05, 0.1) is 5.56 Å². The first-order chi connectivity index (χ1) is 12.6. The molecule has 5 nitrogen and oxygen atoms in total. The van der Waals surface area contributed by atoms with Crippen LogP contribution in [0, 0.1) is 0 Å². The number of carbonyl (C=O) groups is 1. The number of halogens is 1. The van der Waals surface area contributed by atoms with E-state index in [0.717, 1.165) is 50.6 Å². The highest BCUT2D eigenvalue weighted by atomic mass is 35.5. The van der Waals surface area contributed by atoms with Gasteiger partial charge in [-0.15, -0.1) is 0 Å². The Morgan fingerprint density at radius 1 is 1.04 bits per heavy atom. The van der Waals surface area contributed by atoms with Crippen molar-refractivity contribution in [2.75, 3.05) is 39.3 Å². The summed E-state index contributed by atoms with van der Waals surface area (Å²) in [6.45, 7) is 6.26. The molecule has 0 bridgehead atoms. The Balaban J connectivity index is 1.39. The maximum atomic E-state index is 11.1. The molecule has 0 aliphatic carbocycles. The smallest absolute Gasteiger partial charge is 0.335 e. The Kier molecular flexibility index (Phi) is 6.50. The minimum atomic E-state index is -0.877. The molecular formula is C20H23ClN2O3. The van der Waals surface area contributed by atoms with E-state index in [0.29, 0.717) is 17.2 Å². The van der Waals surface area contributed by atoms with Crippen molar-refractivity contribution in [2.24, 2.45) is 0 Å². The number of rotatable bonds is 7. The van der Waals surface area contributed by atoms with Crippen LogP contribution in [0.5, 0.6) is 5.75 Å². The van der Waals surface area contributed by atoms with Gasteiger partial charge in [0.2, 0.25) is 0 Å². The lowest BCUT2D eigenvalue weighted by atomic mass is 10.1. The first kappa shape index (κ1) is 18.7. The standard InChI is InChI=1S/C20H23ClN2O3/c21-18-4-6-19(7-5-18)26-13-12-22-8-10-23(11-9-22)15-16-2-1-3-17(14-16)20(24)25/h1-7,14H,8-13,15H2,(H,24,25). The third-order valence-electron chi connectivity index (χ3n) is 4.53. The van der Waals surface area contributed by atoms with Gasteiger partial charge in [-0.2, -0.15) is 0 Å². The zero-order valence-electron chi connectivity index (χ0n) is 14.6. The number of aromatic carboxylic acids is 1. The van der Waals surface area contributed by atoms with Crippen molar-refractivity contribution in [1.29, 1.82) is 0 Å². The highest BCUT2D eigenvalue weighted by molar-refractivity contribution is 6.30. The van der Waals surface area contributed by atoms with E-state index in [1.54, 1.807) is 12.1 Å². The summed E-state index contributed by atoms with van der Waals surface area (Å²) >= 11 is 5.87. The monoisotopic (exact) mass is 374 g/mol. The van der Waals surface area contributed by atoms with E-state index in [1.807, 2.05) is 36.4 Å². The second kappa shape index (κ2) is 9.03. The van der Waals surface area contributed by atoms with Crippen molar-refractivity contribution in [2.45, 2.75) is 6.54 Å². The summed E-state index contributed by atoms with van der Waals surface area (Å²) in [6, 6.07) is 14.6. The highest BCUT2D eigenvalue weighted by Gasteiger charge is 2.17. The predicted molar refractivity (Wildman–Crippen MR) is 102 cm³/mol. The first-order valence-electron chi connectivity index (χ1n) is 8.75. The van der Waals surface area contributed by atoms with Gasteiger partial charge in [0, 0.05) is 44.3 Å². The molecule has 3 rings (SSSR count). The molecular weight excluding hydrogens is 352 g/mol. The highest BCUT2D eigenvalue weighted by Crippen LogP contribution is 2.16. The summed E-state index contributed by atoms with van der Waals surface area (Å²) in [7, 11) is 0. The summed E-state index contributed by atoms with van der Waals surface area (Å²) in [4.78, 5) is 15.8. The number of carboxylic acid groups (broad SMARTS) is 1. The van der Waals surface area contributed by atoms with Crippen LogP contribution in [-0.4, -0.2) is 60.2 Å². The fourth-order valence-electron chi connectivity index (χ4n) is 3.06. The SMILES string of the molecule is O=C(O)c1cccc(CN2CCN(CCOc3ccc(Cl)cc3)CC2)c1. The maximum absolute atomic E-state index is 11.1. The van der Waals surface area contributed by atoms with Crippen molar-refractivity contribution >= 4 is 17.6 Å². The van der Waals surface area contributed by atoms with Crippen LogP contribution in [0.25, 0.3) is 0 Å². The maximum Gasteiger partial charge on any atom is 0.335 e. The summed E-state index contributed by atoms with van der Waals surface area (Å²) in [6.07, 6.45) is 0. The van der Waals surface area contributed by atoms with E-state index < -0.39 is 5.97 Å². The molecule has 138 valence electrons. The molecule has 1 N–H and O–H groups in total.